The van der Waals surface area contributed by atoms with E-state index < -0.39 is 0 Å². The highest BCUT2D eigenvalue weighted by molar-refractivity contribution is 5.26. The molecule has 1 aliphatic rings. The minimum Gasteiger partial charge on any atom is -0.394 e. The van der Waals surface area contributed by atoms with E-state index in [-0.39, 0.29) is 24.5 Å². The minimum absolute atomic E-state index is 0.00759. The molecule has 0 aromatic carbocycles. The summed E-state index contributed by atoms with van der Waals surface area (Å²) in [6.45, 7) is -0.00759. The van der Waals surface area contributed by atoms with Crippen LogP contribution in [-0.4, -0.2) is 37.2 Å². The molecule has 2 atom stereocenters. The molecular formula is C10H12N4O3. The lowest BCUT2D eigenvalue weighted by Crippen LogP contribution is -2.21. The normalized spacial score (nSPS) is 24.5. The van der Waals surface area contributed by atoms with Crippen LogP contribution < -0.4 is 5.69 Å². The van der Waals surface area contributed by atoms with Crippen LogP contribution in [0.25, 0.3) is 5.78 Å². The Hall–Kier alpha value is -1.73. The number of imidazole rings is 1. The Morgan fingerprint density at radius 2 is 2.47 bits per heavy atom. The van der Waals surface area contributed by atoms with Crippen LogP contribution in [0.3, 0.4) is 0 Å². The molecule has 7 heteroatoms. The molecule has 90 valence electrons. The van der Waals surface area contributed by atoms with Crippen LogP contribution >= 0.6 is 0 Å². The Morgan fingerprint density at radius 1 is 1.59 bits per heavy atom. The monoisotopic (exact) mass is 236 g/mol. The van der Waals surface area contributed by atoms with Crippen molar-refractivity contribution in [3.63, 3.8) is 0 Å². The number of nitrogens with zero attached hydrogens (tertiary/aromatic N) is 3. The van der Waals surface area contributed by atoms with Crippen molar-refractivity contribution in [1.29, 1.82) is 0 Å². The van der Waals surface area contributed by atoms with Crippen molar-refractivity contribution >= 4 is 5.78 Å². The van der Waals surface area contributed by atoms with Crippen molar-refractivity contribution in [2.45, 2.75) is 25.0 Å². The lowest BCUT2D eigenvalue weighted by molar-refractivity contribution is 0.00722. The first-order valence-corrected chi connectivity index (χ1v) is 5.47. The lowest BCUT2D eigenvalue weighted by Gasteiger charge is -2.10. The van der Waals surface area contributed by atoms with E-state index in [1.807, 2.05) is 0 Å². The summed E-state index contributed by atoms with van der Waals surface area (Å²) in [7, 11) is 0. The molecule has 0 bridgehead atoms. The highest BCUT2D eigenvalue weighted by Crippen LogP contribution is 2.29. The van der Waals surface area contributed by atoms with Crippen molar-refractivity contribution in [1.82, 2.24) is 19.4 Å². The van der Waals surface area contributed by atoms with E-state index in [4.69, 9.17) is 9.84 Å². The number of aliphatic hydroxyl groups excluding tert-OH is 1. The molecule has 1 fully saturated rings. The largest absolute Gasteiger partial charge is 0.394 e. The summed E-state index contributed by atoms with van der Waals surface area (Å²) in [5.41, 5.74) is -0.279. The molecule has 1 aliphatic heterocycles. The predicted octanol–water partition coefficient (Wildman–Crippen LogP) is -0.370. The molecule has 0 amide bonds. The van der Waals surface area contributed by atoms with Gasteiger partial charge in [-0.1, -0.05) is 0 Å². The third-order valence-corrected chi connectivity index (χ3v) is 2.91. The van der Waals surface area contributed by atoms with E-state index in [1.165, 1.54) is 10.6 Å². The number of H-pyrrole nitrogens is 1. The Bertz CT molecular complexity index is 590. The lowest BCUT2D eigenvalue weighted by atomic mass is 10.2. The van der Waals surface area contributed by atoms with Crippen LogP contribution in [0.5, 0.6) is 0 Å². The van der Waals surface area contributed by atoms with Crippen molar-refractivity contribution in [2.24, 2.45) is 0 Å². The number of fused-ring (bicyclic) bond motifs is 1. The van der Waals surface area contributed by atoms with Gasteiger partial charge in [0.1, 0.15) is 11.9 Å². The molecule has 1 saturated heterocycles. The van der Waals surface area contributed by atoms with Crippen molar-refractivity contribution in [3.05, 3.63) is 28.7 Å². The predicted molar refractivity (Wildman–Crippen MR) is 57.5 cm³/mol. The zero-order chi connectivity index (χ0) is 11.8. The Morgan fingerprint density at radius 3 is 3.24 bits per heavy atom. The van der Waals surface area contributed by atoms with Crippen LogP contribution in [0.1, 0.15) is 24.8 Å². The summed E-state index contributed by atoms with van der Waals surface area (Å²) < 4.78 is 6.89. The molecule has 0 unspecified atom stereocenters. The van der Waals surface area contributed by atoms with Gasteiger partial charge in [-0.15, -0.1) is 0 Å². The number of nitrogens with one attached hydrogen (secondary N) is 1. The summed E-state index contributed by atoms with van der Waals surface area (Å²) in [5, 5.41) is 8.99. The SMILES string of the molecule is O=c1[nH]c([C@@H]2CC[C@@H](CO)O2)nc2nccn12. The van der Waals surface area contributed by atoms with Gasteiger partial charge in [-0.25, -0.2) is 14.2 Å². The third kappa shape index (κ3) is 1.73. The molecule has 0 spiro atoms. The van der Waals surface area contributed by atoms with Gasteiger partial charge in [-0.2, -0.15) is 4.98 Å². The van der Waals surface area contributed by atoms with E-state index in [0.717, 1.165) is 12.8 Å². The van der Waals surface area contributed by atoms with E-state index >= 15 is 0 Å². The van der Waals surface area contributed by atoms with Gasteiger partial charge in [0, 0.05) is 12.4 Å². The third-order valence-electron chi connectivity index (χ3n) is 2.91. The second-order valence-electron chi connectivity index (χ2n) is 4.03. The standard InChI is InChI=1S/C10H12N4O3/c15-5-6-1-2-7(17-6)8-12-9-11-3-4-14(9)10(16)13-8/h3-4,6-7,15H,1-2,5H2,(H,11,12,13,16)/t6-,7-/m0/s1. The van der Waals surface area contributed by atoms with Gasteiger partial charge in [-0.05, 0) is 12.8 Å². The summed E-state index contributed by atoms with van der Waals surface area (Å²) in [4.78, 5) is 22.6. The van der Waals surface area contributed by atoms with Crippen molar-refractivity contribution in [2.75, 3.05) is 6.61 Å². The topological polar surface area (TPSA) is 92.5 Å². The van der Waals surface area contributed by atoms with Crippen LogP contribution in [-0.2, 0) is 4.74 Å². The highest BCUT2D eigenvalue weighted by Gasteiger charge is 2.28. The number of aromatic nitrogens is 4. The second kappa shape index (κ2) is 3.94. The molecule has 3 rings (SSSR count). The molecule has 2 aromatic rings. The zero-order valence-electron chi connectivity index (χ0n) is 9.04. The fraction of sp³-hybridized carbons (Fsp3) is 0.500. The van der Waals surface area contributed by atoms with Crippen LogP contribution in [0, 0.1) is 0 Å². The number of ether oxygens (including phenoxy) is 1. The smallest absolute Gasteiger partial charge is 0.333 e. The molecule has 7 nitrogen and oxygen atoms in total. The maximum atomic E-state index is 11.7. The molecule has 17 heavy (non-hydrogen) atoms. The van der Waals surface area contributed by atoms with Gasteiger partial charge in [-0.3, -0.25) is 4.98 Å². The average molecular weight is 236 g/mol. The molecule has 0 radical (unpaired) electrons. The maximum Gasteiger partial charge on any atom is 0.333 e. The second-order valence-corrected chi connectivity index (χ2v) is 4.03. The van der Waals surface area contributed by atoms with Gasteiger partial charge in [0.05, 0.1) is 12.7 Å². The summed E-state index contributed by atoms with van der Waals surface area (Å²) >= 11 is 0. The van der Waals surface area contributed by atoms with Crippen molar-refractivity contribution in [3.8, 4) is 0 Å². The zero-order valence-corrected chi connectivity index (χ0v) is 9.04. The fourth-order valence-electron chi connectivity index (χ4n) is 2.04. The molecule has 2 aromatic heterocycles. The first-order chi connectivity index (χ1) is 8.28. The number of aliphatic hydroxyl groups is 1. The van der Waals surface area contributed by atoms with E-state index in [0.29, 0.717) is 11.6 Å². The van der Waals surface area contributed by atoms with Crippen molar-refractivity contribution < 1.29 is 9.84 Å². The number of hydrogen-bond acceptors (Lipinski definition) is 5. The van der Waals surface area contributed by atoms with E-state index in [9.17, 15) is 4.79 Å². The maximum absolute atomic E-state index is 11.7. The van der Waals surface area contributed by atoms with E-state index in [1.54, 1.807) is 6.20 Å². The first-order valence-electron chi connectivity index (χ1n) is 5.47. The van der Waals surface area contributed by atoms with Crippen LogP contribution in [0.2, 0.25) is 0 Å². The number of hydrogen-bond donors (Lipinski definition) is 2. The Balaban J connectivity index is 1.98. The highest BCUT2D eigenvalue weighted by atomic mass is 16.5. The van der Waals surface area contributed by atoms with Crippen LogP contribution in [0.15, 0.2) is 17.2 Å². The molecule has 3 heterocycles. The average Bonchev–Trinajstić information content (AvgIpc) is 2.97. The number of aromatic amines is 1. The molecule has 0 aliphatic carbocycles. The van der Waals surface area contributed by atoms with Gasteiger partial charge in [0.2, 0.25) is 5.78 Å². The summed E-state index contributed by atoms with van der Waals surface area (Å²) in [6.07, 6.45) is 4.16. The van der Waals surface area contributed by atoms with Gasteiger partial charge in [0.25, 0.3) is 0 Å². The van der Waals surface area contributed by atoms with Crippen LogP contribution in [0.4, 0.5) is 0 Å². The van der Waals surface area contributed by atoms with Gasteiger partial charge >= 0.3 is 5.69 Å². The summed E-state index contributed by atoms with van der Waals surface area (Å²) in [5.74, 6) is 0.837. The Labute approximate surface area is 96.1 Å². The van der Waals surface area contributed by atoms with Gasteiger partial charge in [0.15, 0.2) is 0 Å². The molecule has 0 saturated carbocycles. The molecular weight excluding hydrogens is 224 g/mol. The Kier molecular flexibility index (Phi) is 2.41. The van der Waals surface area contributed by atoms with Gasteiger partial charge < -0.3 is 9.84 Å². The minimum atomic E-state index is -0.279. The first kappa shape index (κ1) is 10.4. The quantitative estimate of drug-likeness (QED) is 0.742. The molecule has 2 N–H and O–H groups in total. The number of rotatable bonds is 2. The summed E-state index contributed by atoms with van der Waals surface area (Å²) in [6, 6.07) is 0. The fourth-order valence-corrected chi connectivity index (χ4v) is 2.04. The van der Waals surface area contributed by atoms with E-state index in [2.05, 4.69) is 15.0 Å².